The van der Waals surface area contributed by atoms with Gasteiger partial charge in [0, 0.05) is 24.7 Å². The summed E-state index contributed by atoms with van der Waals surface area (Å²) in [7, 11) is 0. The molecule has 2 fully saturated rings. The summed E-state index contributed by atoms with van der Waals surface area (Å²) in [5.41, 5.74) is 6.13. The molecule has 1 atom stereocenters. The Morgan fingerprint density at radius 2 is 1.91 bits per heavy atom. The Morgan fingerprint density at radius 3 is 2.70 bits per heavy atom. The van der Waals surface area contributed by atoms with E-state index in [0.717, 1.165) is 58.5 Å². The molecule has 0 bridgehead atoms. The summed E-state index contributed by atoms with van der Waals surface area (Å²) in [4.78, 5) is 23.7. The summed E-state index contributed by atoms with van der Waals surface area (Å²) >= 11 is 6.79. The van der Waals surface area contributed by atoms with E-state index in [0.29, 0.717) is 5.65 Å². The van der Waals surface area contributed by atoms with Crippen LogP contribution in [0.2, 0.25) is 5.02 Å². The molecule has 2 aliphatic rings. The fraction of sp³-hybridized carbons (Fsp3) is 0.462. The molecule has 1 saturated carbocycles. The second-order valence-corrected chi connectivity index (χ2v) is 10.1. The minimum Gasteiger partial charge on any atom is -0.370 e. The van der Waals surface area contributed by atoms with Gasteiger partial charge in [-0.05, 0) is 60.8 Å². The van der Waals surface area contributed by atoms with Crippen molar-refractivity contribution in [2.75, 3.05) is 18.0 Å². The van der Waals surface area contributed by atoms with E-state index >= 15 is 0 Å². The second-order valence-electron chi connectivity index (χ2n) is 9.74. The average molecular weight is 461 g/mol. The van der Waals surface area contributed by atoms with E-state index in [4.69, 9.17) is 16.6 Å². The highest BCUT2D eigenvalue weighted by molar-refractivity contribution is 6.36. The van der Waals surface area contributed by atoms with Gasteiger partial charge >= 0.3 is 0 Å². The van der Waals surface area contributed by atoms with Crippen molar-refractivity contribution in [2.24, 2.45) is 11.8 Å². The van der Waals surface area contributed by atoms with Crippen LogP contribution in [-0.2, 0) is 6.42 Å². The van der Waals surface area contributed by atoms with Crippen LogP contribution in [0.25, 0.3) is 22.1 Å². The van der Waals surface area contributed by atoms with Gasteiger partial charge in [0.2, 0.25) is 0 Å². The molecule has 3 aromatic heterocycles. The number of benzene rings is 1. The molecule has 0 spiro atoms. The Balaban J connectivity index is 1.37. The average Bonchev–Trinajstić information content (AvgIpc) is 3.29. The number of halogens is 1. The highest BCUT2D eigenvalue weighted by Gasteiger charge is 2.32. The summed E-state index contributed by atoms with van der Waals surface area (Å²) in [6.45, 7) is 4.44. The number of hydrogen-bond donors (Lipinski definition) is 1. The molecule has 1 aliphatic carbocycles. The van der Waals surface area contributed by atoms with Crippen LogP contribution in [0.3, 0.4) is 0 Å². The molecule has 1 aliphatic heterocycles. The summed E-state index contributed by atoms with van der Waals surface area (Å²) < 4.78 is 0. The molecule has 0 radical (unpaired) electrons. The Morgan fingerprint density at radius 1 is 1.09 bits per heavy atom. The van der Waals surface area contributed by atoms with Gasteiger partial charge in [-0.25, -0.2) is 15.0 Å². The van der Waals surface area contributed by atoms with E-state index in [2.05, 4.69) is 43.9 Å². The van der Waals surface area contributed by atoms with Crippen LogP contribution in [0, 0.1) is 11.8 Å². The van der Waals surface area contributed by atoms with Crippen molar-refractivity contribution >= 4 is 39.4 Å². The van der Waals surface area contributed by atoms with Crippen LogP contribution in [-0.4, -0.2) is 38.0 Å². The van der Waals surface area contributed by atoms with Gasteiger partial charge in [-0.2, -0.15) is 0 Å². The number of fused-ring (bicyclic) bond motifs is 2. The minimum atomic E-state index is 0.217. The van der Waals surface area contributed by atoms with Gasteiger partial charge in [-0.3, -0.25) is 4.98 Å². The van der Waals surface area contributed by atoms with Crippen molar-refractivity contribution in [3.05, 3.63) is 53.3 Å². The van der Waals surface area contributed by atoms with Crippen LogP contribution in [0.4, 0.5) is 5.69 Å². The number of H-pyrrole nitrogens is 1. The number of nitrogens with zero attached hydrogens (tertiary/aromatic N) is 5. The Hall–Kier alpha value is -2.73. The van der Waals surface area contributed by atoms with Crippen LogP contribution in [0.15, 0.2) is 37.1 Å². The molecule has 1 saturated heterocycles. The molecule has 170 valence electrons. The quantitative estimate of drug-likeness (QED) is 0.400. The first-order valence-corrected chi connectivity index (χ1v) is 12.5. The maximum atomic E-state index is 6.79. The lowest BCUT2D eigenvalue weighted by Crippen LogP contribution is -2.38. The predicted octanol–water partition coefficient (Wildman–Crippen LogP) is 5.92. The van der Waals surface area contributed by atoms with Gasteiger partial charge in [0.1, 0.15) is 11.8 Å². The van der Waals surface area contributed by atoms with E-state index in [-0.39, 0.29) is 5.92 Å². The number of anilines is 1. The molecule has 1 unspecified atom stereocenters. The Labute approximate surface area is 198 Å². The number of aromatic nitrogens is 5. The number of piperidine rings is 1. The zero-order chi connectivity index (χ0) is 22.4. The molecule has 6 nitrogen and oxygen atoms in total. The van der Waals surface area contributed by atoms with Crippen LogP contribution >= 0.6 is 11.6 Å². The zero-order valence-corrected chi connectivity index (χ0v) is 19.7. The van der Waals surface area contributed by atoms with E-state index in [1.165, 1.54) is 43.4 Å². The van der Waals surface area contributed by atoms with E-state index in [1.54, 1.807) is 12.7 Å². The second kappa shape index (κ2) is 8.56. The summed E-state index contributed by atoms with van der Waals surface area (Å²) in [6.07, 6.45) is 12.8. The van der Waals surface area contributed by atoms with Crippen LogP contribution in [0.5, 0.6) is 0 Å². The lowest BCUT2D eigenvalue weighted by molar-refractivity contribution is 0.176. The Bertz CT molecular complexity index is 1290. The molecule has 4 heterocycles. The third kappa shape index (κ3) is 3.74. The molecule has 4 aromatic rings. The largest absolute Gasteiger partial charge is 0.370 e. The molecule has 7 heteroatoms. The van der Waals surface area contributed by atoms with Crippen LogP contribution < -0.4 is 4.90 Å². The predicted molar refractivity (Wildman–Crippen MR) is 133 cm³/mol. The molecule has 1 N–H and O–H groups in total. The molecule has 1 aromatic carbocycles. The van der Waals surface area contributed by atoms with Gasteiger partial charge in [0.15, 0.2) is 5.65 Å². The Kier molecular flexibility index (Phi) is 5.41. The molecule has 33 heavy (non-hydrogen) atoms. The molecule has 0 amide bonds. The summed E-state index contributed by atoms with van der Waals surface area (Å²) in [5.74, 6) is 2.06. The number of aromatic amines is 1. The summed E-state index contributed by atoms with van der Waals surface area (Å²) in [6, 6.07) is 6.22. The maximum Gasteiger partial charge on any atom is 0.180 e. The maximum absolute atomic E-state index is 6.79. The van der Waals surface area contributed by atoms with Gasteiger partial charge < -0.3 is 9.88 Å². The fourth-order valence-corrected chi connectivity index (χ4v) is 6.06. The lowest BCUT2D eigenvalue weighted by atomic mass is 9.72. The smallest absolute Gasteiger partial charge is 0.180 e. The van der Waals surface area contributed by atoms with Gasteiger partial charge in [0.25, 0.3) is 0 Å². The first-order valence-electron chi connectivity index (χ1n) is 12.1. The number of nitrogens with one attached hydrogen (secondary N) is 1. The van der Waals surface area contributed by atoms with E-state index in [9.17, 15) is 0 Å². The molecule has 6 rings (SSSR count). The molecular weight excluding hydrogens is 432 g/mol. The van der Waals surface area contributed by atoms with Crippen molar-refractivity contribution in [1.82, 2.24) is 24.9 Å². The standard InChI is InChI=1S/C26H29ClN6/c1-16(12-22-24-26(31-14-29-22)32-15-30-24)20-13-21(27)19-6-3-9-28-23(19)25(20)33-10-7-18(8-11-33)17-4-2-5-17/h3,6,9,13-18H,2,4-5,7-8,10-12H2,1H3,(H,29,30,31,32). The van der Waals surface area contributed by atoms with Crippen molar-refractivity contribution in [3.63, 3.8) is 0 Å². The van der Waals surface area contributed by atoms with Crippen molar-refractivity contribution < 1.29 is 0 Å². The van der Waals surface area contributed by atoms with E-state index in [1.807, 2.05) is 12.3 Å². The third-order valence-electron chi connectivity index (χ3n) is 7.85. The number of imidazole rings is 1. The monoisotopic (exact) mass is 460 g/mol. The topological polar surface area (TPSA) is 70.6 Å². The number of rotatable bonds is 5. The number of hydrogen-bond acceptors (Lipinski definition) is 5. The zero-order valence-electron chi connectivity index (χ0n) is 19.0. The highest BCUT2D eigenvalue weighted by Crippen LogP contribution is 2.43. The van der Waals surface area contributed by atoms with Crippen molar-refractivity contribution in [3.8, 4) is 0 Å². The summed E-state index contributed by atoms with van der Waals surface area (Å²) in [5, 5.41) is 1.80. The van der Waals surface area contributed by atoms with Crippen molar-refractivity contribution in [1.29, 1.82) is 0 Å². The lowest BCUT2D eigenvalue weighted by Gasteiger charge is -2.41. The van der Waals surface area contributed by atoms with Gasteiger partial charge in [-0.1, -0.05) is 37.8 Å². The minimum absolute atomic E-state index is 0.217. The van der Waals surface area contributed by atoms with Crippen LogP contribution in [0.1, 0.15) is 56.2 Å². The van der Waals surface area contributed by atoms with Gasteiger partial charge in [-0.15, -0.1) is 0 Å². The van der Waals surface area contributed by atoms with Crippen molar-refractivity contribution in [2.45, 2.75) is 51.4 Å². The number of pyridine rings is 1. The fourth-order valence-electron chi connectivity index (χ4n) is 5.79. The highest BCUT2D eigenvalue weighted by atomic mass is 35.5. The van der Waals surface area contributed by atoms with E-state index < -0.39 is 0 Å². The first-order chi connectivity index (χ1) is 16.2. The third-order valence-corrected chi connectivity index (χ3v) is 8.16. The first kappa shape index (κ1) is 20.8. The molecular formula is C26H29ClN6. The van der Waals surface area contributed by atoms with Gasteiger partial charge in [0.05, 0.1) is 28.2 Å². The SMILES string of the molecule is CC(Cc1ncnc2nc[nH]c12)c1cc(Cl)c2cccnc2c1N1CCC(C2CCC2)CC1. The normalized spacial score (nSPS) is 18.7.